The quantitative estimate of drug-likeness (QED) is 0.594. The third-order valence-corrected chi connectivity index (χ3v) is 7.47. The van der Waals surface area contributed by atoms with Gasteiger partial charge in [0.05, 0.1) is 0 Å². The first-order chi connectivity index (χ1) is 10.9. The van der Waals surface area contributed by atoms with Crippen molar-refractivity contribution in [3.63, 3.8) is 0 Å². The van der Waals surface area contributed by atoms with Gasteiger partial charge in [0.15, 0.2) is 0 Å². The van der Waals surface area contributed by atoms with Crippen molar-refractivity contribution in [2.45, 2.75) is 49.4 Å². The highest BCUT2D eigenvalue weighted by Gasteiger charge is 2.57. The largest absolute Gasteiger partial charge is 0.0620 e. The molecule has 0 radical (unpaired) electrons. The number of benzene rings is 2. The summed E-state index contributed by atoms with van der Waals surface area (Å²) in [6.45, 7) is 0. The van der Waals surface area contributed by atoms with E-state index in [1.807, 2.05) is 0 Å². The summed E-state index contributed by atoms with van der Waals surface area (Å²) in [5.41, 5.74) is 6.85. The molecule has 0 N–H and O–H groups in total. The topological polar surface area (TPSA) is 0 Å². The Labute approximate surface area is 132 Å². The first-order valence-corrected chi connectivity index (χ1v) is 9.11. The Morgan fingerprint density at radius 3 is 1.00 bits per heavy atom. The van der Waals surface area contributed by atoms with E-state index in [2.05, 4.69) is 48.5 Å². The van der Waals surface area contributed by atoms with Crippen LogP contribution in [0.25, 0.3) is 0 Å². The fraction of sp³-hybridized carbons (Fsp3) is 0.455. The minimum atomic E-state index is 0.840. The van der Waals surface area contributed by atoms with Gasteiger partial charge in [-0.2, -0.15) is 0 Å². The second kappa shape index (κ2) is 4.04. The van der Waals surface area contributed by atoms with E-state index in [0.717, 1.165) is 35.5 Å². The maximum atomic E-state index is 2.44. The Kier molecular flexibility index (Phi) is 2.19. The third kappa shape index (κ3) is 1.27. The molecule has 2 fully saturated rings. The van der Waals surface area contributed by atoms with Crippen LogP contribution in [0.15, 0.2) is 48.5 Å². The molecule has 22 heavy (non-hydrogen) atoms. The maximum Gasteiger partial charge on any atom is -0.0122 e. The number of rotatable bonds is 0. The normalized spacial score (nSPS) is 40.0. The second-order valence-corrected chi connectivity index (χ2v) is 7.99. The average Bonchev–Trinajstić information content (AvgIpc) is 2.63. The van der Waals surface area contributed by atoms with E-state index in [9.17, 15) is 0 Å². The van der Waals surface area contributed by atoms with Crippen molar-refractivity contribution in [1.29, 1.82) is 0 Å². The molecule has 0 spiro atoms. The highest BCUT2D eigenvalue weighted by Crippen LogP contribution is 2.69. The van der Waals surface area contributed by atoms with E-state index in [1.54, 1.807) is 22.3 Å². The zero-order valence-corrected chi connectivity index (χ0v) is 12.9. The van der Waals surface area contributed by atoms with Gasteiger partial charge >= 0.3 is 0 Å². The summed E-state index contributed by atoms with van der Waals surface area (Å²) in [5.74, 6) is 5.23. The monoisotopic (exact) mass is 286 g/mol. The van der Waals surface area contributed by atoms with Crippen LogP contribution >= 0.6 is 0 Å². The van der Waals surface area contributed by atoms with Gasteiger partial charge in [-0.3, -0.25) is 0 Å². The SMILES string of the molecule is c1ccc2c(c1)C1CCC2C2C3CCC(c4ccccc43)C12. The van der Waals surface area contributed by atoms with Gasteiger partial charge in [0.1, 0.15) is 0 Å². The standard InChI is InChI=1S/C22H22/c1-2-6-14-13(5-1)17-9-10-18(14)22-20-12-11-19(21(17)22)15-7-3-4-8-16(15)20/h1-8,17-22H,9-12H2. The van der Waals surface area contributed by atoms with Crippen LogP contribution in [0.1, 0.15) is 71.6 Å². The molecule has 0 nitrogen and oxygen atoms in total. The van der Waals surface area contributed by atoms with Gasteiger partial charge in [-0.1, -0.05) is 48.5 Å². The molecule has 4 atom stereocenters. The van der Waals surface area contributed by atoms with Gasteiger partial charge in [0.25, 0.3) is 0 Å². The van der Waals surface area contributed by atoms with Crippen molar-refractivity contribution in [2.75, 3.05) is 0 Å². The lowest BCUT2D eigenvalue weighted by Gasteiger charge is -2.61. The lowest BCUT2D eigenvalue weighted by atomic mass is 9.43. The van der Waals surface area contributed by atoms with Crippen molar-refractivity contribution in [1.82, 2.24) is 0 Å². The van der Waals surface area contributed by atoms with Crippen molar-refractivity contribution >= 4 is 0 Å². The van der Waals surface area contributed by atoms with Crippen LogP contribution in [0, 0.1) is 11.8 Å². The van der Waals surface area contributed by atoms with Crippen LogP contribution in [0.2, 0.25) is 0 Å². The summed E-state index contributed by atoms with van der Waals surface area (Å²) >= 11 is 0. The van der Waals surface area contributed by atoms with E-state index in [0.29, 0.717) is 0 Å². The molecule has 2 aromatic carbocycles. The van der Waals surface area contributed by atoms with Crippen LogP contribution in [-0.2, 0) is 0 Å². The third-order valence-electron chi connectivity index (χ3n) is 7.47. The van der Waals surface area contributed by atoms with Gasteiger partial charge in [-0.05, 0) is 83.4 Å². The maximum absolute atomic E-state index is 2.44. The highest BCUT2D eigenvalue weighted by molar-refractivity contribution is 5.48. The van der Waals surface area contributed by atoms with Crippen LogP contribution in [0.3, 0.4) is 0 Å². The van der Waals surface area contributed by atoms with Gasteiger partial charge in [0, 0.05) is 0 Å². The Hall–Kier alpha value is -1.56. The van der Waals surface area contributed by atoms with E-state index in [1.165, 1.54) is 25.7 Å². The first kappa shape index (κ1) is 11.9. The molecule has 6 aliphatic rings. The molecule has 4 unspecified atom stereocenters. The lowest BCUT2D eigenvalue weighted by Crippen LogP contribution is -2.49. The molecule has 0 aromatic heterocycles. The Morgan fingerprint density at radius 2 is 0.727 bits per heavy atom. The molecule has 0 amide bonds. The summed E-state index contributed by atoms with van der Waals surface area (Å²) in [6, 6.07) is 18.8. The summed E-state index contributed by atoms with van der Waals surface area (Å²) in [7, 11) is 0. The van der Waals surface area contributed by atoms with Crippen molar-refractivity contribution in [3.05, 3.63) is 70.8 Å². The van der Waals surface area contributed by atoms with Gasteiger partial charge in [-0.25, -0.2) is 0 Å². The molecule has 2 aromatic rings. The molecule has 8 rings (SSSR count). The summed E-state index contributed by atoms with van der Waals surface area (Å²) < 4.78 is 0. The molecule has 110 valence electrons. The number of hydrogen-bond donors (Lipinski definition) is 0. The summed E-state index contributed by atoms with van der Waals surface area (Å²) in [6.07, 6.45) is 5.75. The van der Waals surface area contributed by atoms with Crippen LogP contribution in [-0.4, -0.2) is 0 Å². The van der Waals surface area contributed by atoms with Crippen LogP contribution in [0.4, 0.5) is 0 Å². The second-order valence-electron chi connectivity index (χ2n) is 7.99. The van der Waals surface area contributed by atoms with E-state index in [4.69, 9.17) is 0 Å². The number of fused-ring (bicyclic) bond motifs is 2. The smallest absolute Gasteiger partial charge is 0.0122 e. The van der Waals surface area contributed by atoms with E-state index >= 15 is 0 Å². The molecule has 0 saturated heterocycles. The molecular weight excluding hydrogens is 264 g/mol. The molecule has 4 bridgehead atoms. The fourth-order valence-electron chi connectivity index (χ4n) is 6.95. The van der Waals surface area contributed by atoms with Crippen molar-refractivity contribution in [3.8, 4) is 0 Å². The van der Waals surface area contributed by atoms with Gasteiger partial charge in [0.2, 0.25) is 0 Å². The predicted molar refractivity (Wildman–Crippen MR) is 89.3 cm³/mol. The van der Waals surface area contributed by atoms with Crippen molar-refractivity contribution < 1.29 is 0 Å². The molecule has 0 aliphatic heterocycles. The molecule has 0 heterocycles. The number of hydrogen-bond acceptors (Lipinski definition) is 0. The predicted octanol–water partition coefficient (Wildman–Crippen LogP) is 5.57. The summed E-state index contributed by atoms with van der Waals surface area (Å²) in [5, 5.41) is 0. The van der Waals surface area contributed by atoms with Crippen LogP contribution in [0.5, 0.6) is 0 Å². The van der Waals surface area contributed by atoms with Crippen LogP contribution < -0.4 is 0 Å². The minimum Gasteiger partial charge on any atom is -0.0620 e. The summed E-state index contributed by atoms with van der Waals surface area (Å²) in [4.78, 5) is 0. The van der Waals surface area contributed by atoms with E-state index in [-0.39, 0.29) is 0 Å². The molecule has 2 saturated carbocycles. The first-order valence-electron chi connectivity index (χ1n) is 9.11. The van der Waals surface area contributed by atoms with Crippen molar-refractivity contribution in [2.24, 2.45) is 11.8 Å². The van der Waals surface area contributed by atoms with Gasteiger partial charge in [-0.15, -0.1) is 0 Å². The average molecular weight is 286 g/mol. The Morgan fingerprint density at radius 1 is 0.455 bits per heavy atom. The zero-order valence-electron chi connectivity index (χ0n) is 12.9. The fourth-order valence-corrected chi connectivity index (χ4v) is 6.95. The molecular formula is C22H22. The minimum absolute atomic E-state index is 0.840. The Balaban J connectivity index is 1.59. The highest BCUT2D eigenvalue weighted by atomic mass is 14.6. The lowest BCUT2D eigenvalue weighted by molar-refractivity contribution is 0.0459. The molecule has 0 heteroatoms. The molecule has 6 aliphatic carbocycles. The van der Waals surface area contributed by atoms with Gasteiger partial charge < -0.3 is 0 Å². The zero-order chi connectivity index (χ0) is 14.3. The Bertz CT molecular complexity index is 631. The van der Waals surface area contributed by atoms with E-state index < -0.39 is 0 Å².